The van der Waals surface area contributed by atoms with Crippen LogP contribution in [0.3, 0.4) is 0 Å². The summed E-state index contributed by atoms with van der Waals surface area (Å²) in [4.78, 5) is 35.3. The number of hydrogen-bond acceptors (Lipinski definition) is 7. The molecule has 10 heteroatoms. The molecule has 0 saturated carbocycles. The van der Waals surface area contributed by atoms with Crippen molar-refractivity contribution in [3.8, 4) is 11.6 Å². The van der Waals surface area contributed by atoms with Crippen LogP contribution >= 0.6 is 11.8 Å². The van der Waals surface area contributed by atoms with E-state index < -0.39 is 28.3 Å². The number of morpholine rings is 1. The molecule has 0 aliphatic carbocycles. The normalized spacial score (nSPS) is 20.5. The average Bonchev–Trinajstić information content (AvgIpc) is 3.02. The number of nitrogens with zero attached hydrogens (tertiary/aromatic N) is 2. The van der Waals surface area contributed by atoms with Crippen molar-refractivity contribution in [3.63, 3.8) is 0 Å². The van der Waals surface area contributed by atoms with Gasteiger partial charge in [-0.1, -0.05) is 36.4 Å². The number of Topliss-reactive ketones (excluding diaryl/α,β-unsaturated/α-hetero) is 1. The lowest BCUT2D eigenvalue weighted by atomic mass is 9.78. The Kier molecular flexibility index (Phi) is 8.14. The third kappa shape index (κ3) is 5.98. The summed E-state index contributed by atoms with van der Waals surface area (Å²) < 4.78 is 38.5. The van der Waals surface area contributed by atoms with Gasteiger partial charge in [0.2, 0.25) is 11.8 Å². The molecular formula is C33H29F2N3O4S. The summed E-state index contributed by atoms with van der Waals surface area (Å²) in [6.07, 6.45) is -0.0409. The van der Waals surface area contributed by atoms with Gasteiger partial charge in [0, 0.05) is 42.2 Å². The molecule has 2 aliphatic rings. The number of aryl methyl sites for hydroxylation is 1. The number of benzene rings is 3. The Bertz CT molecular complexity index is 1640. The molecule has 43 heavy (non-hydrogen) atoms. The number of piperidine rings is 1. The van der Waals surface area contributed by atoms with Crippen molar-refractivity contribution >= 4 is 29.1 Å². The van der Waals surface area contributed by atoms with E-state index in [-0.39, 0.29) is 23.8 Å². The van der Waals surface area contributed by atoms with E-state index in [2.05, 4.69) is 15.2 Å². The fraction of sp³-hybridized carbons (Fsp3) is 0.242. The summed E-state index contributed by atoms with van der Waals surface area (Å²) in [5.41, 5.74) is 1.77. The lowest BCUT2D eigenvalue weighted by Crippen LogP contribution is -2.58. The van der Waals surface area contributed by atoms with Crippen LogP contribution in [0.2, 0.25) is 0 Å². The van der Waals surface area contributed by atoms with Gasteiger partial charge >= 0.3 is 0 Å². The number of ketones is 1. The molecule has 0 bridgehead atoms. The first-order valence-corrected chi connectivity index (χ1v) is 14.8. The second-order valence-electron chi connectivity index (χ2n) is 10.5. The molecule has 2 fully saturated rings. The van der Waals surface area contributed by atoms with E-state index in [4.69, 9.17) is 9.47 Å². The summed E-state index contributed by atoms with van der Waals surface area (Å²) in [5.74, 6) is -2.53. The summed E-state index contributed by atoms with van der Waals surface area (Å²) in [6.45, 7) is 4.76. The van der Waals surface area contributed by atoms with Gasteiger partial charge in [0.1, 0.15) is 16.5 Å². The molecule has 6 rings (SSSR count). The number of carbonyl (C=O) groups is 2. The number of amides is 1. The molecule has 3 aromatic carbocycles. The molecule has 0 spiro atoms. The monoisotopic (exact) mass is 601 g/mol. The van der Waals surface area contributed by atoms with Crippen LogP contribution in [0, 0.1) is 18.6 Å². The van der Waals surface area contributed by atoms with Crippen LogP contribution in [0.15, 0.2) is 89.8 Å². The molecule has 2 saturated heterocycles. The van der Waals surface area contributed by atoms with E-state index in [0.29, 0.717) is 24.5 Å². The molecule has 0 radical (unpaired) electrons. The molecule has 4 aromatic rings. The Morgan fingerprint density at radius 3 is 2.44 bits per heavy atom. The van der Waals surface area contributed by atoms with Crippen LogP contribution in [0.5, 0.6) is 11.6 Å². The second-order valence-corrected chi connectivity index (χ2v) is 11.6. The number of rotatable bonds is 7. The van der Waals surface area contributed by atoms with E-state index in [9.17, 15) is 18.4 Å². The maximum atomic E-state index is 13.8. The molecule has 3 heterocycles. The summed E-state index contributed by atoms with van der Waals surface area (Å²) in [7, 11) is 0. The highest BCUT2D eigenvalue weighted by Crippen LogP contribution is 2.41. The largest absolute Gasteiger partial charge is 0.439 e. The van der Waals surface area contributed by atoms with Crippen LogP contribution < -0.4 is 15.0 Å². The zero-order valence-corrected chi connectivity index (χ0v) is 24.2. The first-order chi connectivity index (χ1) is 20.8. The summed E-state index contributed by atoms with van der Waals surface area (Å²) >= 11 is 1.24. The predicted molar refractivity (Wildman–Crippen MR) is 160 cm³/mol. The standard InChI is InChI=1S/C33H29F2N3O4S/c1-21-5-2-3-6-28(21)43-31-27(39)20-33(37-32(31)40,22-9-11-23(12-10-22)38-15-17-41-18-16-38)29-7-4-8-30(36-29)42-24-13-14-25(34)26(35)19-24/h2-14,19,31H,15-18,20H2,1H3,(H,37,40). The quantitative estimate of drug-likeness (QED) is 0.269. The first kappa shape index (κ1) is 28.8. The van der Waals surface area contributed by atoms with Gasteiger partial charge in [-0.2, -0.15) is 0 Å². The van der Waals surface area contributed by atoms with Crippen molar-refractivity contribution in [1.82, 2.24) is 10.3 Å². The fourth-order valence-electron chi connectivity index (χ4n) is 5.38. The minimum absolute atomic E-state index is 0.0409. The van der Waals surface area contributed by atoms with Gasteiger partial charge in [0.25, 0.3) is 0 Å². The van der Waals surface area contributed by atoms with Gasteiger partial charge in [0.05, 0.1) is 18.9 Å². The van der Waals surface area contributed by atoms with Gasteiger partial charge in [-0.25, -0.2) is 13.8 Å². The number of nitrogens with one attached hydrogen (secondary N) is 1. The first-order valence-electron chi connectivity index (χ1n) is 13.9. The lowest BCUT2D eigenvalue weighted by Gasteiger charge is -2.40. The van der Waals surface area contributed by atoms with Crippen molar-refractivity contribution in [1.29, 1.82) is 0 Å². The molecule has 1 aromatic heterocycles. The number of anilines is 1. The Morgan fingerprint density at radius 1 is 0.953 bits per heavy atom. The second kappa shape index (κ2) is 12.1. The predicted octanol–water partition coefficient (Wildman–Crippen LogP) is 5.79. The highest BCUT2D eigenvalue weighted by Gasteiger charge is 2.48. The number of ether oxygens (including phenoxy) is 2. The van der Waals surface area contributed by atoms with Gasteiger partial charge in [-0.15, -0.1) is 11.8 Å². The molecule has 7 nitrogen and oxygen atoms in total. The highest BCUT2D eigenvalue weighted by atomic mass is 32.2. The Labute approximate surface area is 252 Å². The minimum Gasteiger partial charge on any atom is -0.439 e. The number of pyridine rings is 1. The van der Waals surface area contributed by atoms with E-state index in [1.54, 1.807) is 18.2 Å². The molecule has 220 valence electrons. The Hall–Kier alpha value is -4.28. The van der Waals surface area contributed by atoms with E-state index in [1.165, 1.54) is 17.8 Å². The van der Waals surface area contributed by atoms with Crippen molar-refractivity contribution in [2.24, 2.45) is 0 Å². The fourth-order valence-corrected chi connectivity index (χ4v) is 6.43. The number of carbonyl (C=O) groups excluding carboxylic acids is 2. The molecule has 2 unspecified atom stereocenters. The van der Waals surface area contributed by atoms with Crippen LogP contribution in [0.4, 0.5) is 14.5 Å². The maximum absolute atomic E-state index is 13.8. The average molecular weight is 602 g/mol. The third-order valence-electron chi connectivity index (χ3n) is 7.66. The highest BCUT2D eigenvalue weighted by molar-refractivity contribution is 8.01. The van der Waals surface area contributed by atoms with Gasteiger partial charge in [-0.05, 0) is 54.4 Å². The van der Waals surface area contributed by atoms with Crippen molar-refractivity contribution in [2.45, 2.75) is 29.0 Å². The third-order valence-corrected chi connectivity index (χ3v) is 9.08. The molecule has 2 aliphatic heterocycles. The van der Waals surface area contributed by atoms with Crippen LogP contribution in [0.1, 0.15) is 23.2 Å². The topological polar surface area (TPSA) is 80.8 Å². The zero-order valence-electron chi connectivity index (χ0n) is 23.4. The maximum Gasteiger partial charge on any atom is 0.242 e. The van der Waals surface area contributed by atoms with Gasteiger partial charge in [0.15, 0.2) is 17.4 Å². The summed E-state index contributed by atoms with van der Waals surface area (Å²) in [5, 5.41) is 2.22. The number of halogens is 2. The van der Waals surface area contributed by atoms with Crippen molar-refractivity contribution < 1.29 is 27.8 Å². The van der Waals surface area contributed by atoms with Crippen LogP contribution in [-0.4, -0.2) is 48.2 Å². The van der Waals surface area contributed by atoms with Crippen LogP contribution in [0.25, 0.3) is 0 Å². The Morgan fingerprint density at radius 2 is 1.72 bits per heavy atom. The van der Waals surface area contributed by atoms with E-state index >= 15 is 0 Å². The molecular weight excluding hydrogens is 572 g/mol. The number of aromatic nitrogens is 1. The van der Waals surface area contributed by atoms with Gasteiger partial charge < -0.3 is 19.7 Å². The van der Waals surface area contributed by atoms with E-state index in [0.717, 1.165) is 41.4 Å². The minimum atomic E-state index is -1.28. The summed E-state index contributed by atoms with van der Waals surface area (Å²) in [6, 6.07) is 23.5. The molecule has 1 amide bonds. The molecule has 1 N–H and O–H groups in total. The lowest BCUT2D eigenvalue weighted by molar-refractivity contribution is -0.133. The van der Waals surface area contributed by atoms with E-state index in [1.807, 2.05) is 55.5 Å². The SMILES string of the molecule is Cc1ccccc1SC1C(=O)CC(c2ccc(N3CCOCC3)cc2)(c2cccc(Oc3ccc(F)c(F)c3)n2)NC1=O. The van der Waals surface area contributed by atoms with Crippen molar-refractivity contribution in [2.75, 3.05) is 31.2 Å². The zero-order chi connectivity index (χ0) is 30.0. The Balaban J connectivity index is 1.36. The number of thioether (sulfide) groups is 1. The number of hydrogen-bond donors (Lipinski definition) is 1. The molecule has 2 atom stereocenters. The van der Waals surface area contributed by atoms with Crippen LogP contribution in [-0.2, 0) is 19.9 Å². The smallest absolute Gasteiger partial charge is 0.242 e. The van der Waals surface area contributed by atoms with Crippen molar-refractivity contribution in [3.05, 3.63) is 113 Å². The van der Waals surface area contributed by atoms with Gasteiger partial charge in [-0.3, -0.25) is 9.59 Å².